The third-order valence-electron chi connectivity index (χ3n) is 4.21. The van der Waals surface area contributed by atoms with Gasteiger partial charge >= 0.3 is 5.69 Å². The molecule has 0 aromatic carbocycles. The molecule has 0 bridgehead atoms. The lowest BCUT2D eigenvalue weighted by Crippen LogP contribution is -2.45. The highest BCUT2D eigenvalue weighted by Crippen LogP contribution is 2.04. The summed E-state index contributed by atoms with van der Waals surface area (Å²) in [5.41, 5.74) is -0.431. The number of hydrogen-bond acceptors (Lipinski definition) is 5. The van der Waals surface area contributed by atoms with Crippen LogP contribution in [0.2, 0.25) is 0 Å². The van der Waals surface area contributed by atoms with E-state index in [9.17, 15) is 14.4 Å². The molecule has 1 saturated heterocycles. The van der Waals surface area contributed by atoms with Gasteiger partial charge < -0.3 is 15.2 Å². The Bertz CT molecular complexity index is 862. The summed E-state index contributed by atoms with van der Waals surface area (Å²) in [4.78, 5) is 40.9. The van der Waals surface area contributed by atoms with E-state index in [0.29, 0.717) is 17.7 Å². The van der Waals surface area contributed by atoms with Gasteiger partial charge in [0, 0.05) is 26.7 Å². The topological polar surface area (TPSA) is 103 Å². The third kappa shape index (κ3) is 3.22. The number of amides is 1. The summed E-state index contributed by atoms with van der Waals surface area (Å²) in [7, 11) is 3.21. The lowest BCUT2D eigenvalue weighted by Gasteiger charge is -2.12. The minimum Gasteiger partial charge on any atom is -0.353 e. The van der Waals surface area contributed by atoms with Gasteiger partial charge in [0.1, 0.15) is 6.54 Å². The highest BCUT2D eigenvalue weighted by molar-refractivity contribution is 5.85. The number of fused-ring (bicyclic) bond motifs is 1. The fraction of sp³-hybridized carbons (Fsp3) is 0.571. The van der Waals surface area contributed by atoms with Gasteiger partial charge in [-0.1, -0.05) is 0 Å². The van der Waals surface area contributed by atoms with Gasteiger partial charge in [0.2, 0.25) is 5.91 Å². The molecule has 2 aromatic rings. The largest absolute Gasteiger partial charge is 0.353 e. The van der Waals surface area contributed by atoms with Crippen LogP contribution >= 0.6 is 12.4 Å². The maximum Gasteiger partial charge on any atom is 0.332 e. The zero-order chi connectivity index (χ0) is 16.6. The second-order valence-corrected chi connectivity index (χ2v) is 5.86. The Morgan fingerprint density at radius 1 is 1.42 bits per heavy atom. The van der Waals surface area contributed by atoms with Crippen molar-refractivity contribution in [3.63, 3.8) is 0 Å². The number of aryl methyl sites for hydroxylation is 2. The Kier molecular flexibility index (Phi) is 5.45. The number of nitrogens with zero attached hydrogens (tertiary/aromatic N) is 4. The van der Waals surface area contributed by atoms with E-state index >= 15 is 0 Å². The molecule has 1 atom stereocenters. The molecule has 0 saturated carbocycles. The lowest BCUT2D eigenvalue weighted by atomic mass is 10.2. The van der Waals surface area contributed by atoms with E-state index in [2.05, 4.69) is 15.6 Å². The molecule has 1 aliphatic rings. The van der Waals surface area contributed by atoms with E-state index in [4.69, 9.17) is 0 Å². The maximum absolute atomic E-state index is 12.5. The van der Waals surface area contributed by atoms with Gasteiger partial charge in [-0.2, -0.15) is 0 Å². The minimum atomic E-state index is -0.546. The maximum atomic E-state index is 12.5. The van der Waals surface area contributed by atoms with Gasteiger partial charge in [0.15, 0.2) is 11.2 Å². The van der Waals surface area contributed by atoms with Crippen LogP contribution in [0.15, 0.2) is 15.9 Å². The fourth-order valence-corrected chi connectivity index (χ4v) is 2.90. The summed E-state index contributed by atoms with van der Waals surface area (Å²) in [6, 6.07) is 0.262. The van der Waals surface area contributed by atoms with Crippen LogP contribution in [0.4, 0.5) is 0 Å². The van der Waals surface area contributed by atoms with E-state index < -0.39 is 11.2 Å². The Morgan fingerprint density at radius 3 is 2.83 bits per heavy atom. The van der Waals surface area contributed by atoms with Crippen LogP contribution in [0.5, 0.6) is 0 Å². The molecule has 0 spiro atoms. The van der Waals surface area contributed by atoms with Crippen molar-refractivity contribution in [3.05, 3.63) is 27.2 Å². The molecule has 3 rings (SSSR count). The zero-order valence-corrected chi connectivity index (χ0v) is 14.4. The van der Waals surface area contributed by atoms with E-state index in [1.165, 1.54) is 17.9 Å². The first-order chi connectivity index (χ1) is 11.0. The molecule has 0 aliphatic carbocycles. The Hall–Kier alpha value is -2.13. The summed E-state index contributed by atoms with van der Waals surface area (Å²) in [5, 5.41) is 6.05. The van der Waals surface area contributed by atoms with Crippen molar-refractivity contribution in [1.29, 1.82) is 0 Å². The van der Waals surface area contributed by atoms with Gasteiger partial charge in [-0.25, -0.2) is 14.3 Å². The number of halogens is 1. The molecule has 9 nitrogen and oxygen atoms in total. The normalized spacial score (nSPS) is 17.0. The number of imidazole rings is 1. The quantitative estimate of drug-likeness (QED) is 0.710. The molecule has 1 aliphatic heterocycles. The monoisotopic (exact) mass is 356 g/mol. The van der Waals surface area contributed by atoms with Crippen molar-refractivity contribution in [3.8, 4) is 0 Å². The molecular formula is C14H21ClN6O3. The fourth-order valence-electron chi connectivity index (χ4n) is 2.90. The Balaban J connectivity index is 0.00000208. The summed E-state index contributed by atoms with van der Waals surface area (Å²) >= 11 is 0. The highest BCUT2D eigenvalue weighted by Gasteiger charge is 2.18. The van der Waals surface area contributed by atoms with Crippen LogP contribution in [0.1, 0.15) is 12.8 Å². The van der Waals surface area contributed by atoms with Crippen molar-refractivity contribution in [1.82, 2.24) is 29.3 Å². The van der Waals surface area contributed by atoms with E-state index in [1.54, 1.807) is 11.6 Å². The van der Waals surface area contributed by atoms with Gasteiger partial charge in [-0.05, 0) is 19.4 Å². The van der Waals surface area contributed by atoms with E-state index in [0.717, 1.165) is 24.0 Å². The van der Waals surface area contributed by atoms with E-state index in [1.807, 2.05) is 0 Å². The number of rotatable bonds is 4. The van der Waals surface area contributed by atoms with Crippen molar-refractivity contribution >= 4 is 29.5 Å². The van der Waals surface area contributed by atoms with Crippen molar-refractivity contribution in [2.24, 2.45) is 14.1 Å². The van der Waals surface area contributed by atoms with Crippen LogP contribution in [0, 0.1) is 0 Å². The standard InChI is InChI=1S/C14H20N6O3.ClH/c1-18-8-17-12-11(18)13(22)20(14(23)19(12)2)7-10(21)16-6-9-4-3-5-15-9;/h8-9,15H,3-7H2,1-2H3,(H,16,21);1H. The van der Waals surface area contributed by atoms with Gasteiger partial charge in [-0.3, -0.25) is 14.2 Å². The third-order valence-corrected chi connectivity index (χ3v) is 4.21. The van der Waals surface area contributed by atoms with Crippen LogP contribution in [-0.2, 0) is 25.4 Å². The smallest absolute Gasteiger partial charge is 0.332 e. The Labute approximate surface area is 144 Å². The second-order valence-electron chi connectivity index (χ2n) is 5.86. The first-order valence-electron chi connectivity index (χ1n) is 7.60. The van der Waals surface area contributed by atoms with Crippen molar-refractivity contribution in [2.75, 3.05) is 13.1 Å². The van der Waals surface area contributed by atoms with Crippen molar-refractivity contribution in [2.45, 2.75) is 25.4 Å². The number of nitrogens with one attached hydrogen (secondary N) is 2. The molecule has 1 fully saturated rings. The average Bonchev–Trinajstić information content (AvgIpc) is 3.17. The molecule has 0 radical (unpaired) electrons. The van der Waals surface area contributed by atoms with Gasteiger partial charge in [0.25, 0.3) is 5.56 Å². The molecule has 3 heterocycles. The van der Waals surface area contributed by atoms with Gasteiger partial charge in [-0.15, -0.1) is 12.4 Å². The predicted octanol–water partition coefficient (Wildman–Crippen LogP) is -1.28. The highest BCUT2D eigenvalue weighted by atomic mass is 35.5. The van der Waals surface area contributed by atoms with Crippen LogP contribution in [-0.4, -0.2) is 43.7 Å². The SMILES string of the molecule is Cl.Cn1cnc2c1c(=O)n(CC(=O)NCC1CCCN1)c(=O)n2C. The van der Waals surface area contributed by atoms with Crippen LogP contribution in [0.3, 0.4) is 0 Å². The van der Waals surface area contributed by atoms with Crippen LogP contribution in [0.25, 0.3) is 11.2 Å². The zero-order valence-electron chi connectivity index (χ0n) is 13.6. The molecule has 2 N–H and O–H groups in total. The second kappa shape index (κ2) is 7.18. The molecule has 2 aromatic heterocycles. The summed E-state index contributed by atoms with van der Waals surface area (Å²) < 4.78 is 3.78. The summed E-state index contributed by atoms with van der Waals surface area (Å²) in [5.74, 6) is -0.348. The number of aromatic nitrogens is 4. The van der Waals surface area contributed by atoms with E-state index in [-0.39, 0.29) is 30.9 Å². The van der Waals surface area contributed by atoms with Gasteiger partial charge in [0.05, 0.1) is 6.33 Å². The molecule has 1 amide bonds. The molecule has 132 valence electrons. The first kappa shape index (κ1) is 18.2. The Morgan fingerprint density at radius 2 is 2.17 bits per heavy atom. The molecule has 10 heteroatoms. The number of carbonyl (C=O) groups excluding carboxylic acids is 1. The lowest BCUT2D eigenvalue weighted by molar-refractivity contribution is -0.121. The number of hydrogen-bond donors (Lipinski definition) is 2. The summed E-state index contributed by atoms with van der Waals surface area (Å²) in [6.07, 6.45) is 3.59. The molecule has 24 heavy (non-hydrogen) atoms. The minimum absolute atomic E-state index is 0. The predicted molar refractivity (Wildman–Crippen MR) is 91.5 cm³/mol. The van der Waals surface area contributed by atoms with Crippen molar-refractivity contribution < 1.29 is 4.79 Å². The molecular weight excluding hydrogens is 336 g/mol. The average molecular weight is 357 g/mol. The van der Waals surface area contributed by atoms with Crippen LogP contribution < -0.4 is 21.9 Å². The number of carbonyl (C=O) groups is 1. The first-order valence-corrected chi connectivity index (χ1v) is 7.60. The summed E-state index contributed by atoms with van der Waals surface area (Å²) in [6.45, 7) is 1.17. The molecule has 1 unspecified atom stereocenters.